The molecular formula is C14H22N2OS. The molecule has 0 unspecified atom stereocenters. The number of benzene rings is 1. The molecule has 2 N–H and O–H groups in total. The zero-order valence-electron chi connectivity index (χ0n) is 11.8. The highest BCUT2D eigenvalue weighted by molar-refractivity contribution is 7.80. The summed E-state index contributed by atoms with van der Waals surface area (Å²) in [5.41, 5.74) is 2.58. The van der Waals surface area contributed by atoms with Crippen LogP contribution in [0.15, 0.2) is 18.2 Å². The average molecular weight is 266 g/mol. The van der Waals surface area contributed by atoms with Crippen molar-refractivity contribution in [1.29, 1.82) is 0 Å². The summed E-state index contributed by atoms with van der Waals surface area (Å²) >= 11 is 5.09. The zero-order valence-corrected chi connectivity index (χ0v) is 12.6. The van der Waals surface area contributed by atoms with Crippen LogP contribution < -0.4 is 15.4 Å². The first-order valence-corrected chi connectivity index (χ1v) is 6.42. The van der Waals surface area contributed by atoms with E-state index in [1.54, 1.807) is 7.11 Å². The second-order valence-electron chi connectivity index (χ2n) is 5.21. The van der Waals surface area contributed by atoms with Gasteiger partial charge in [-0.15, -0.1) is 0 Å². The molecule has 1 aromatic rings. The summed E-state index contributed by atoms with van der Waals surface area (Å²) < 4.78 is 5.29. The standard InChI is InChI=1S/C14H22N2OS/c1-14(2,3)12-8-11(17-5)7-6-10(12)9-16-13(18)15-4/h6-8H,9H2,1-5H3,(H2,15,16,18). The van der Waals surface area contributed by atoms with E-state index < -0.39 is 0 Å². The van der Waals surface area contributed by atoms with Crippen LogP contribution in [0.1, 0.15) is 31.9 Å². The normalized spacial score (nSPS) is 10.9. The monoisotopic (exact) mass is 266 g/mol. The van der Waals surface area contributed by atoms with Crippen molar-refractivity contribution in [2.24, 2.45) is 0 Å². The van der Waals surface area contributed by atoms with Crippen LogP contribution in [0.2, 0.25) is 0 Å². The molecule has 0 aromatic heterocycles. The average Bonchev–Trinajstić information content (AvgIpc) is 2.34. The fourth-order valence-electron chi connectivity index (χ4n) is 1.80. The smallest absolute Gasteiger partial charge is 0.166 e. The number of rotatable bonds is 3. The van der Waals surface area contributed by atoms with Crippen molar-refractivity contribution in [3.05, 3.63) is 29.3 Å². The number of ether oxygens (including phenoxy) is 1. The maximum atomic E-state index is 5.29. The Balaban J connectivity index is 2.99. The van der Waals surface area contributed by atoms with Crippen molar-refractivity contribution in [2.45, 2.75) is 32.7 Å². The first-order chi connectivity index (χ1) is 8.38. The molecule has 0 atom stereocenters. The van der Waals surface area contributed by atoms with E-state index in [1.807, 2.05) is 13.1 Å². The predicted molar refractivity (Wildman–Crippen MR) is 80.2 cm³/mol. The van der Waals surface area contributed by atoms with Gasteiger partial charge < -0.3 is 15.4 Å². The molecule has 1 aromatic carbocycles. The van der Waals surface area contributed by atoms with Crippen LogP contribution in [0.3, 0.4) is 0 Å². The highest BCUT2D eigenvalue weighted by Crippen LogP contribution is 2.29. The molecule has 4 heteroatoms. The number of methoxy groups -OCH3 is 1. The van der Waals surface area contributed by atoms with Gasteiger partial charge in [0.15, 0.2) is 5.11 Å². The Morgan fingerprint density at radius 1 is 1.33 bits per heavy atom. The van der Waals surface area contributed by atoms with Crippen LogP contribution in [-0.2, 0) is 12.0 Å². The topological polar surface area (TPSA) is 33.3 Å². The van der Waals surface area contributed by atoms with Crippen molar-refractivity contribution >= 4 is 17.3 Å². The molecule has 0 saturated carbocycles. The van der Waals surface area contributed by atoms with E-state index in [9.17, 15) is 0 Å². The Kier molecular flexibility index (Phi) is 4.96. The molecule has 100 valence electrons. The molecule has 0 aliphatic rings. The molecule has 1 rings (SSSR count). The van der Waals surface area contributed by atoms with Crippen LogP contribution in [0.5, 0.6) is 5.75 Å². The minimum Gasteiger partial charge on any atom is -0.497 e. The summed E-state index contributed by atoms with van der Waals surface area (Å²) in [7, 11) is 3.50. The number of nitrogens with one attached hydrogen (secondary N) is 2. The fourth-order valence-corrected chi connectivity index (χ4v) is 1.87. The number of hydrogen-bond donors (Lipinski definition) is 2. The van der Waals surface area contributed by atoms with E-state index in [0.717, 1.165) is 12.3 Å². The maximum Gasteiger partial charge on any atom is 0.166 e. The molecule has 0 heterocycles. The first-order valence-electron chi connectivity index (χ1n) is 6.01. The summed E-state index contributed by atoms with van der Waals surface area (Å²) in [6, 6.07) is 6.17. The third kappa shape index (κ3) is 3.88. The van der Waals surface area contributed by atoms with Crippen LogP contribution in [-0.4, -0.2) is 19.3 Å². The van der Waals surface area contributed by atoms with Gasteiger partial charge in [-0.25, -0.2) is 0 Å². The van der Waals surface area contributed by atoms with Gasteiger partial charge in [0, 0.05) is 13.6 Å². The Morgan fingerprint density at radius 3 is 2.50 bits per heavy atom. The molecule has 0 aliphatic carbocycles. The molecule has 0 fully saturated rings. The van der Waals surface area contributed by atoms with E-state index in [-0.39, 0.29) is 5.41 Å². The third-order valence-electron chi connectivity index (χ3n) is 2.79. The van der Waals surface area contributed by atoms with Gasteiger partial charge in [0.05, 0.1) is 7.11 Å². The second kappa shape index (κ2) is 6.05. The van der Waals surface area contributed by atoms with Gasteiger partial charge in [0.1, 0.15) is 5.75 Å². The Hall–Kier alpha value is -1.29. The lowest BCUT2D eigenvalue weighted by Gasteiger charge is -2.24. The fraction of sp³-hybridized carbons (Fsp3) is 0.500. The number of thiocarbonyl (C=S) groups is 1. The maximum absolute atomic E-state index is 5.29. The molecule has 0 radical (unpaired) electrons. The summed E-state index contributed by atoms with van der Waals surface area (Å²) in [5.74, 6) is 0.889. The number of hydrogen-bond acceptors (Lipinski definition) is 2. The summed E-state index contributed by atoms with van der Waals surface area (Å²) in [5, 5.41) is 6.75. The third-order valence-corrected chi connectivity index (χ3v) is 3.14. The minimum absolute atomic E-state index is 0.0762. The Bertz CT molecular complexity index is 424. The van der Waals surface area contributed by atoms with Gasteiger partial charge in [-0.2, -0.15) is 0 Å². The van der Waals surface area contributed by atoms with E-state index >= 15 is 0 Å². The van der Waals surface area contributed by atoms with Gasteiger partial charge in [0.2, 0.25) is 0 Å². The van der Waals surface area contributed by atoms with E-state index in [4.69, 9.17) is 17.0 Å². The Morgan fingerprint density at radius 2 is 2.00 bits per heavy atom. The molecule has 0 bridgehead atoms. The van der Waals surface area contributed by atoms with Gasteiger partial charge in [-0.3, -0.25) is 0 Å². The van der Waals surface area contributed by atoms with Crippen molar-refractivity contribution in [1.82, 2.24) is 10.6 Å². The predicted octanol–water partition coefficient (Wildman–Crippen LogP) is 2.59. The van der Waals surface area contributed by atoms with Crippen LogP contribution in [0, 0.1) is 0 Å². The van der Waals surface area contributed by atoms with Crippen molar-refractivity contribution in [2.75, 3.05) is 14.2 Å². The van der Waals surface area contributed by atoms with Gasteiger partial charge in [0.25, 0.3) is 0 Å². The van der Waals surface area contributed by atoms with E-state index in [0.29, 0.717) is 5.11 Å². The van der Waals surface area contributed by atoms with Gasteiger partial charge >= 0.3 is 0 Å². The lowest BCUT2D eigenvalue weighted by molar-refractivity contribution is 0.412. The molecule has 18 heavy (non-hydrogen) atoms. The van der Waals surface area contributed by atoms with Crippen LogP contribution in [0.25, 0.3) is 0 Å². The zero-order chi connectivity index (χ0) is 13.8. The largest absolute Gasteiger partial charge is 0.497 e. The summed E-state index contributed by atoms with van der Waals surface area (Å²) in [6.07, 6.45) is 0. The van der Waals surface area contributed by atoms with Crippen molar-refractivity contribution < 1.29 is 4.74 Å². The SMILES string of the molecule is CNC(=S)NCc1ccc(OC)cc1C(C)(C)C. The van der Waals surface area contributed by atoms with E-state index in [1.165, 1.54) is 11.1 Å². The quantitative estimate of drug-likeness (QED) is 0.824. The first kappa shape index (κ1) is 14.8. The second-order valence-corrected chi connectivity index (χ2v) is 5.61. The highest BCUT2D eigenvalue weighted by Gasteiger charge is 2.18. The molecule has 3 nitrogen and oxygen atoms in total. The van der Waals surface area contributed by atoms with E-state index in [2.05, 4.69) is 43.5 Å². The van der Waals surface area contributed by atoms with Crippen LogP contribution >= 0.6 is 12.2 Å². The lowest BCUT2D eigenvalue weighted by atomic mass is 9.83. The van der Waals surface area contributed by atoms with Gasteiger partial charge in [-0.05, 0) is 40.9 Å². The minimum atomic E-state index is 0.0762. The van der Waals surface area contributed by atoms with Crippen LogP contribution in [0.4, 0.5) is 0 Å². The lowest BCUT2D eigenvalue weighted by Crippen LogP contribution is -2.32. The molecular weight excluding hydrogens is 244 g/mol. The van der Waals surface area contributed by atoms with Crippen molar-refractivity contribution in [3.8, 4) is 5.75 Å². The van der Waals surface area contributed by atoms with Crippen molar-refractivity contribution in [3.63, 3.8) is 0 Å². The summed E-state index contributed by atoms with van der Waals surface area (Å²) in [6.45, 7) is 7.31. The van der Waals surface area contributed by atoms with Gasteiger partial charge in [-0.1, -0.05) is 26.8 Å². The molecule has 0 amide bonds. The molecule has 0 aliphatic heterocycles. The highest BCUT2D eigenvalue weighted by atomic mass is 32.1. The Labute approximate surface area is 115 Å². The summed E-state index contributed by atoms with van der Waals surface area (Å²) in [4.78, 5) is 0. The molecule has 0 spiro atoms. The molecule has 0 saturated heterocycles.